The number of hydrogen-bond acceptors (Lipinski definition) is 11. The zero-order chi connectivity index (χ0) is 35.3. The molecule has 0 radical (unpaired) electrons. The van der Waals surface area contributed by atoms with Crippen LogP contribution in [0.4, 0.5) is 0 Å². The van der Waals surface area contributed by atoms with Gasteiger partial charge in [0.2, 0.25) is 0 Å². The largest absolute Gasteiger partial charge is 0.459 e. The van der Waals surface area contributed by atoms with Gasteiger partial charge in [-0.15, -0.1) is 0 Å². The average molecular weight is 657 g/mol. The zero-order valence-corrected chi connectivity index (χ0v) is 30.3. The van der Waals surface area contributed by atoms with Crippen LogP contribution in [0.25, 0.3) is 0 Å². The van der Waals surface area contributed by atoms with Gasteiger partial charge in [-0.25, -0.2) is 0 Å². The SMILES string of the molecule is CCCNC#C[C@]1(O)[C@H](C)O[C@@H](O[C@H]2[C@H](C)[C@@H](C)[C@](C)(O)C[C@@H](C)CN[C@H](C)[C@@H](O)[C@](C)(O)[C@@H](CC)OC(=O)[C@@H]2C)C[C@@]1(C)OC. The standard InChI is InChI=1S/C35H64N2O9/c1-13-16-36-17-15-35(42)26(8)44-28(19-33(35,10)43-12)46-29-22(4)24(6)32(9,40)18-21(3)20-37-25(7)30(38)34(11,41)27(14-2)45-31(39)23(29)5/h21-30,36-38,40-42H,13-14,16,18-20H2,1-12H3/t21-,22-,23-,24-,25-,26+,27-,28+,29+,30-,32-,33-,34-,35+/m1/s1. The number of cyclic esters (lactones) is 1. The fourth-order valence-electron chi connectivity index (χ4n) is 7.04. The quantitative estimate of drug-likeness (QED) is 0.108. The summed E-state index contributed by atoms with van der Waals surface area (Å²) in [6.45, 7) is 21.1. The Morgan fingerprint density at radius 3 is 2.24 bits per heavy atom. The Morgan fingerprint density at radius 1 is 1.04 bits per heavy atom. The number of aliphatic hydroxyl groups excluding tert-OH is 1. The molecule has 0 aromatic heterocycles. The molecule has 11 nitrogen and oxygen atoms in total. The summed E-state index contributed by atoms with van der Waals surface area (Å²) >= 11 is 0. The summed E-state index contributed by atoms with van der Waals surface area (Å²) < 4.78 is 24.7. The van der Waals surface area contributed by atoms with Gasteiger partial charge in [0.1, 0.15) is 29.5 Å². The number of hydrogen-bond donors (Lipinski definition) is 6. The third-order valence-corrected chi connectivity index (χ3v) is 10.8. The van der Waals surface area contributed by atoms with Crippen molar-refractivity contribution in [3.8, 4) is 12.0 Å². The van der Waals surface area contributed by atoms with Crippen molar-refractivity contribution in [1.82, 2.24) is 10.6 Å². The van der Waals surface area contributed by atoms with Crippen LogP contribution in [0.5, 0.6) is 0 Å². The fraction of sp³-hybridized carbons (Fsp3) is 0.914. The highest BCUT2D eigenvalue weighted by molar-refractivity contribution is 5.73. The number of carbonyl (C=O) groups excluding carboxylic acids is 1. The number of rotatable bonds is 6. The van der Waals surface area contributed by atoms with E-state index in [4.69, 9.17) is 18.9 Å². The maximum atomic E-state index is 13.8. The fourth-order valence-corrected chi connectivity index (χ4v) is 7.04. The van der Waals surface area contributed by atoms with Crippen molar-refractivity contribution in [2.45, 2.75) is 161 Å². The van der Waals surface area contributed by atoms with E-state index in [2.05, 4.69) is 22.6 Å². The highest BCUT2D eigenvalue weighted by Crippen LogP contribution is 2.43. The molecule has 46 heavy (non-hydrogen) atoms. The Kier molecular flexibility index (Phi) is 14.4. The van der Waals surface area contributed by atoms with Crippen LogP contribution >= 0.6 is 0 Å². The van der Waals surface area contributed by atoms with Crippen LogP contribution in [0.1, 0.15) is 102 Å². The second kappa shape index (κ2) is 16.3. The molecule has 0 aromatic rings. The Labute approximate surface area is 277 Å². The van der Waals surface area contributed by atoms with Gasteiger partial charge in [-0.1, -0.05) is 34.6 Å². The van der Waals surface area contributed by atoms with Crippen molar-refractivity contribution in [2.75, 3.05) is 20.2 Å². The van der Waals surface area contributed by atoms with E-state index < -0.39 is 71.0 Å². The molecule has 0 aliphatic carbocycles. The molecule has 2 fully saturated rings. The highest BCUT2D eigenvalue weighted by atomic mass is 16.7. The van der Waals surface area contributed by atoms with E-state index in [-0.39, 0.29) is 30.6 Å². The van der Waals surface area contributed by atoms with Crippen LogP contribution in [0.2, 0.25) is 0 Å². The lowest BCUT2D eigenvalue weighted by atomic mass is 9.72. The number of aliphatic hydroxyl groups is 4. The van der Waals surface area contributed by atoms with Crippen molar-refractivity contribution in [3.63, 3.8) is 0 Å². The van der Waals surface area contributed by atoms with E-state index >= 15 is 0 Å². The Bertz CT molecular complexity index is 1040. The number of esters is 1. The molecule has 2 aliphatic heterocycles. The number of methoxy groups -OCH3 is 1. The van der Waals surface area contributed by atoms with E-state index in [0.29, 0.717) is 19.5 Å². The molecule has 14 atom stereocenters. The second-order valence-corrected chi connectivity index (χ2v) is 14.7. The lowest BCUT2D eigenvalue weighted by Crippen LogP contribution is -2.66. The van der Waals surface area contributed by atoms with Gasteiger partial charge in [-0.05, 0) is 91.0 Å². The minimum Gasteiger partial charge on any atom is -0.459 e. The summed E-state index contributed by atoms with van der Waals surface area (Å²) in [5, 5.41) is 52.4. The van der Waals surface area contributed by atoms with Gasteiger partial charge in [0.25, 0.3) is 0 Å². The van der Waals surface area contributed by atoms with Gasteiger partial charge in [-0.3, -0.25) is 4.79 Å². The van der Waals surface area contributed by atoms with Crippen molar-refractivity contribution in [1.29, 1.82) is 0 Å². The minimum atomic E-state index is -1.74. The third-order valence-electron chi connectivity index (χ3n) is 10.8. The normalized spacial score (nSPS) is 46.7. The zero-order valence-electron chi connectivity index (χ0n) is 30.3. The predicted molar refractivity (Wildman–Crippen MR) is 176 cm³/mol. The molecule has 2 saturated heterocycles. The summed E-state index contributed by atoms with van der Waals surface area (Å²) in [6, 6.07) is 2.34. The second-order valence-electron chi connectivity index (χ2n) is 14.7. The Balaban J connectivity index is 2.52. The monoisotopic (exact) mass is 656 g/mol. The molecule has 0 spiro atoms. The van der Waals surface area contributed by atoms with Gasteiger partial charge in [0, 0.05) is 32.2 Å². The molecule has 0 unspecified atom stereocenters. The maximum Gasteiger partial charge on any atom is 0.311 e. The minimum absolute atomic E-state index is 0.0292. The lowest BCUT2D eigenvalue weighted by molar-refractivity contribution is -0.316. The molecular formula is C35H64N2O9. The molecule has 0 bridgehead atoms. The van der Waals surface area contributed by atoms with Crippen molar-refractivity contribution in [2.24, 2.45) is 23.7 Å². The van der Waals surface area contributed by atoms with Crippen LogP contribution in [0.3, 0.4) is 0 Å². The molecule has 2 heterocycles. The van der Waals surface area contributed by atoms with Crippen LogP contribution < -0.4 is 10.6 Å². The maximum absolute atomic E-state index is 13.8. The van der Waals surface area contributed by atoms with Crippen LogP contribution in [0, 0.1) is 35.6 Å². The first-order valence-electron chi connectivity index (χ1n) is 17.1. The smallest absolute Gasteiger partial charge is 0.311 e. The highest BCUT2D eigenvalue weighted by Gasteiger charge is 2.58. The predicted octanol–water partition coefficient (Wildman–Crippen LogP) is 2.71. The van der Waals surface area contributed by atoms with Gasteiger partial charge >= 0.3 is 5.97 Å². The third kappa shape index (κ3) is 8.94. The van der Waals surface area contributed by atoms with Crippen LogP contribution in [0.15, 0.2) is 0 Å². The number of nitrogens with one attached hydrogen (secondary N) is 2. The van der Waals surface area contributed by atoms with Crippen LogP contribution in [-0.4, -0.2) is 106 Å². The first kappa shape index (κ1) is 40.7. The first-order chi connectivity index (χ1) is 21.2. The molecular weight excluding hydrogens is 592 g/mol. The summed E-state index contributed by atoms with van der Waals surface area (Å²) in [4.78, 5) is 13.8. The van der Waals surface area contributed by atoms with Crippen molar-refractivity contribution in [3.05, 3.63) is 0 Å². The first-order valence-corrected chi connectivity index (χ1v) is 17.1. The molecule has 11 heteroatoms. The van der Waals surface area contributed by atoms with E-state index in [0.717, 1.165) is 6.42 Å². The summed E-state index contributed by atoms with van der Waals surface area (Å²) in [6.07, 6.45) is -2.99. The molecule has 0 saturated carbocycles. The molecule has 2 aliphatic rings. The molecule has 2 rings (SSSR count). The summed E-state index contributed by atoms with van der Waals surface area (Å²) in [5.41, 5.74) is -5.70. The Hall–Kier alpha value is -1.49. The van der Waals surface area contributed by atoms with Gasteiger partial charge in [0.15, 0.2) is 11.9 Å². The molecule has 0 amide bonds. The van der Waals surface area contributed by atoms with Crippen molar-refractivity contribution < 1.29 is 44.2 Å². The van der Waals surface area contributed by atoms with Crippen LogP contribution in [-0.2, 0) is 23.7 Å². The average Bonchev–Trinajstić information content (AvgIpc) is 2.99. The van der Waals surface area contributed by atoms with E-state index in [1.165, 1.54) is 14.0 Å². The summed E-state index contributed by atoms with van der Waals surface area (Å²) in [7, 11) is 1.51. The Morgan fingerprint density at radius 2 is 1.67 bits per heavy atom. The van der Waals surface area contributed by atoms with E-state index in [9.17, 15) is 25.2 Å². The molecule has 6 N–H and O–H groups in total. The van der Waals surface area contributed by atoms with Crippen molar-refractivity contribution >= 4 is 5.97 Å². The lowest BCUT2D eigenvalue weighted by Gasteiger charge is -2.51. The molecule has 268 valence electrons. The van der Waals surface area contributed by atoms with E-state index in [1.807, 2.05) is 27.7 Å². The van der Waals surface area contributed by atoms with Gasteiger partial charge in [-0.2, -0.15) is 0 Å². The number of ether oxygens (including phenoxy) is 4. The number of carbonyl (C=O) groups is 1. The van der Waals surface area contributed by atoms with Gasteiger partial charge < -0.3 is 50.0 Å². The van der Waals surface area contributed by atoms with E-state index in [1.54, 1.807) is 41.5 Å². The van der Waals surface area contributed by atoms with Gasteiger partial charge in [0.05, 0.1) is 17.6 Å². The topological polar surface area (TPSA) is 159 Å². The molecule has 0 aromatic carbocycles. The summed E-state index contributed by atoms with van der Waals surface area (Å²) in [5.74, 6) is 0.810.